The molecule has 0 saturated heterocycles. The van der Waals surface area contributed by atoms with Gasteiger partial charge in [-0.05, 0) is 35.5 Å². The number of benzene rings is 2. The molecule has 0 aromatic heterocycles. The van der Waals surface area contributed by atoms with Gasteiger partial charge < -0.3 is 15.2 Å². The maximum Gasteiger partial charge on any atom is 0.161 e. The minimum atomic E-state index is 0.517. The Morgan fingerprint density at radius 2 is 1.84 bits per heavy atom. The molecule has 0 saturated carbocycles. The van der Waals surface area contributed by atoms with Crippen LogP contribution in [-0.2, 0) is 6.61 Å². The van der Waals surface area contributed by atoms with Gasteiger partial charge in [0.2, 0.25) is 0 Å². The first kappa shape index (κ1) is 13.0. The fourth-order valence-corrected chi connectivity index (χ4v) is 1.75. The van der Waals surface area contributed by atoms with E-state index in [4.69, 9.17) is 15.2 Å². The highest BCUT2D eigenvalue weighted by molar-refractivity contribution is 5.55. The second kappa shape index (κ2) is 6.50. The van der Waals surface area contributed by atoms with Gasteiger partial charge in [-0.25, -0.2) is 0 Å². The highest BCUT2D eigenvalue weighted by Gasteiger charge is 2.05. The molecule has 0 aliphatic heterocycles. The van der Waals surface area contributed by atoms with Gasteiger partial charge in [-0.1, -0.05) is 36.4 Å². The van der Waals surface area contributed by atoms with Crippen molar-refractivity contribution in [2.24, 2.45) is 5.73 Å². The molecule has 0 radical (unpaired) electrons. The quantitative estimate of drug-likeness (QED) is 0.892. The fraction of sp³-hybridized carbons (Fsp3) is 0.125. The molecule has 3 heteroatoms. The maximum absolute atomic E-state index is 5.77. The highest BCUT2D eigenvalue weighted by atomic mass is 16.5. The molecule has 0 heterocycles. The molecule has 98 valence electrons. The molecule has 0 unspecified atom stereocenters. The van der Waals surface area contributed by atoms with E-state index < -0.39 is 0 Å². The van der Waals surface area contributed by atoms with Crippen molar-refractivity contribution in [3.63, 3.8) is 0 Å². The lowest BCUT2D eigenvalue weighted by Crippen LogP contribution is -1.97. The summed E-state index contributed by atoms with van der Waals surface area (Å²) in [5.41, 5.74) is 7.47. The van der Waals surface area contributed by atoms with Crippen LogP contribution in [0.2, 0.25) is 0 Å². The molecule has 0 aliphatic rings. The van der Waals surface area contributed by atoms with Crippen LogP contribution in [0, 0.1) is 0 Å². The average molecular weight is 255 g/mol. The summed E-state index contributed by atoms with van der Waals surface area (Å²) in [5.74, 6) is 1.42. The molecule has 0 bridgehead atoms. The average Bonchev–Trinajstić information content (AvgIpc) is 2.47. The molecule has 2 aromatic rings. The van der Waals surface area contributed by atoms with Gasteiger partial charge in [-0.3, -0.25) is 0 Å². The number of hydrogen-bond donors (Lipinski definition) is 1. The second-order valence-electron chi connectivity index (χ2n) is 4.04. The van der Waals surface area contributed by atoms with Crippen LogP contribution in [0.3, 0.4) is 0 Å². The Morgan fingerprint density at radius 3 is 2.53 bits per heavy atom. The smallest absolute Gasteiger partial charge is 0.161 e. The molecular formula is C16H17NO2. The Hall–Kier alpha value is -2.42. The Labute approximate surface area is 113 Å². The van der Waals surface area contributed by atoms with Gasteiger partial charge in [0.05, 0.1) is 7.11 Å². The van der Waals surface area contributed by atoms with E-state index in [9.17, 15) is 0 Å². The van der Waals surface area contributed by atoms with Crippen molar-refractivity contribution in [3.8, 4) is 11.5 Å². The Morgan fingerprint density at radius 1 is 1.05 bits per heavy atom. The number of methoxy groups -OCH3 is 1. The van der Waals surface area contributed by atoms with Crippen molar-refractivity contribution in [1.82, 2.24) is 0 Å². The summed E-state index contributed by atoms with van der Waals surface area (Å²) in [6, 6.07) is 15.7. The van der Waals surface area contributed by atoms with Crippen molar-refractivity contribution < 1.29 is 9.47 Å². The standard InChI is InChI=1S/C16H17NO2/c1-18-16-11-13(9-10-17)7-8-15(16)19-12-14-5-3-2-4-6-14/h2-11H,12,17H2,1H3/b10-9+. The fourth-order valence-electron chi connectivity index (χ4n) is 1.75. The third-order valence-corrected chi connectivity index (χ3v) is 2.71. The van der Waals surface area contributed by atoms with E-state index in [1.165, 1.54) is 6.20 Å². The van der Waals surface area contributed by atoms with Gasteiger partial charge in [0.25, 0.3) is 0 Å². The molecule has 0 atom stereocenters. The van der Waals surface area contributed by atoms with Gasteiger partial charge in [-0.15, -0.1) is 0 Å². The van der Waals surface area contributed by atoms with Crippen LogP contribution in [-0.4, -0.2) is 7.11 Å². The van der Waals surface area contributed by atoms with E-state index in [1.54, 1.807) is 7.11 Å². The lowest BCUT2D eigenvalue weighted by Gasteiger charge is -2.11. The molecule has 0 aliphatic carbocycles. The lowest BCUT2D eigenvalue weighted by atomic mass is 10.2. The van der Waals surface area contributed by atoms with Gasteiger partial charge in [0, 0.05) is 0 Å². The molecule has 2 N–H and O–H groups in total. The molecule has 3 nitrogen and oxygen atoms in total. The maximum atomic E-state index is 5.77. The van der Waals surface area contributed by atoms with Gasteiger partial charge >= 0.3 is 0 Å². The van der Waals surface area contributed by atoms with Gasteiger partial charge in [-0.2, -0.15) is 0 Å². The first-order valence-electron chi connectivity index (χ1n) is 6.06. The summed E-state index contributed by atoms with van der Waals surface area (Å²) in [4.78, 5) is 0. The zero-order valence-electron chi connectivity index (χ0n) is 10.9. The van der Waals surface area contributed by atoms with Crippen molar-refractivity contribution in [2.45, 2.75) is 6.61 Å². The van der Waals surface area contributed by atoms with E-state index in [2.05, 4.69) is 0 Å². The van der Waals surface area contributed by atoms with E-state index >= 15 is 0 Å². The van der Waals surface area contributed by atoms with Gasteiger partial charge in [0.1, 0.15) is 6.61 Å². The van der Waals surface area contributed by atoms with Crippen molar-refractivity contribution in [2.75, 3.05) is 7.11 Å². The SMILES string of the molecule is COc1cc(/C=C/N)ccc1OCc1ccccc1. The van der Waals surface area contributed by atoms with E-state index in [0.29, 0.717) is 12.4 Å². The first-order valence-corrected chi connectivity index (χ1v) is 6.06. The van der Waals surface area contributed by atoms with E-state index in [0.717, 1.165) is 16.9 Å². The van der Waals surface area contributed by atoms with Crippen LogP contribution < -0.4 is 15.2 Å². The van der Waals surface area contributed by atoms with Gasteiger partial charge in [0.15, 0.2) is 11.5 Å². The van der Waals surface area contributed by atoms with E-state index in [-0.39, 0.29) is 0 Å². The summed E-state index contributed by atoms with van der Waals surface area (Å²) in [7, 11) is 1.63. The monoisotopic (exact) mass is 255 g/mol. The molecule has 0 amide bonds. The number of ether oxygens (including phenoxy) is 2. The molecule has 0 fully saturated rings. The van der Waals surface area contributed by atoms with Crippen LogP contribution in [0.25, 0.3) is 6.08 Å². The Bertz CT molecular complexity index is 550. The van der Waals surface area contributed by atoms with Crippen LogP contribution in [0.1, 0.15) is 11.1 Å². The molecular weight excluding hydrogens is 238 g/mol. The number of hydrogen-bond acceptors (Lipinski definition) is 3. The summed E-state index contributed by atoms with van der Waals surface area (Å²) in [6.45, 7) is 0.517. The van der Waals surface area contributed by atoms with Crippen molar-refractivity contribution in [3.05, 3.63) is 65.9 Å². The predicted molar refractivity (Wildman–Crippen MR) is 77.0 cm³/mol. The van der Waals surface area contributed by atoms with Crippen LogP contribution in [0.5, 0.6) is 11.5 Å². The molecule has 2 aromatic carbocycles. The predicted octanol–water partition coefficient (Wildman–Crippen LogP) is 3.20. The summed E-state index contributed by atoms with van der Waals surface area (Å²) < 4.78 is 11.1. The molecule has 19 heavy (non-hydrogen) atoms. The highest BCUT2D eigenvalue weighted by Crippen LogP contribution is 2.29. The summed E-state index contributed by atoms with van der Waals surface area (Å²) >= 11 is 0. The van der Waals surface area contributed by atoms with Crippen LogP contribution >= 0.6 is 0 Å². The van der Waals surface area contributed by atoms with Crippen LogP contribution in [0.4, 0.5) is 0 Å². The second-order valence-corrected chi connectivity index (χ2v) is 4.04. The summed E-state index contributed by atoms with van der Waals surface area (Å²) in [6.07, 6.45) is 3.31. The van der Waals surface area contributed by atoms with Crippen LogP contribution in [0.15, 0.2) is 54.7 Å². The topological polar surface area (TPSA) is 44.5 Å². The van der Waals surface area contributed by atoms with Crippen molar-refractivity contribution >= 4 is 6.08 Å². The molecule has 0 spiro atoms. The minimum Gasteiger partial charge on any atom is -0.493 e. The zero-order chi connectivity index (χ0) is 13.5. The minimum absolute atomic E-state index is 0.517. The van der Waals surface area contributed by atoms with Crippen molar-refractivity contribution in [1.29, 1.82) is 0 Å². The number of rotatable bonds is 5. The Balaban J connectivity index is 2.11. The van der Waals surface area contributed by atoms with E-state index in [1.807, 2.05) is 54.6 Å². The normalized spacial score (nSPS) is 10.6. The Kier molecular flexibility index (Phi) is 4.45. The lowest BCUT2D eigenvalue weighted by molar-refractivity contribution is 0.284. The first-order chi connectivity index (χ1) is 9.33. The third kappa shape index (κ3) is 3.52. The largest absolute Gasteiger partial charge is 0.493 e. The number of nitrogens with two attached hydrogens (primary N) is 1. The third-order valence-electron chi connectivity index (χ3n) is 2.71. The summed E-state index contributed by atoms with van der Waals surface area (Å²) in [5, 5.41) is 0. The molecule has 2 rings (SSSR count). The zero-order valence-corrected chi connectivity index (χ0v) is 10.9.